The van der Waals surface area contributed by atoms with Gasteiger partial charge in [-0.15, -0.1) is 0 Å². The highest BCUT2D eigenvalue weighted by Gasteiger charge is 2.43. The van der Waals surface area contributed by atoms with E-state index in [-0.39, 0.29) is 6.61 Å². The largest absolute Gasteiger partial charge is 0.392 e. The summed E-state index contributed by atoms with van der Waals surface area (Å²) in [5.74, 6) is 1.33. The van der Waals surface area contributed by atoms with Crippen LogP contribution in [0.25, 0.3) is 0 Å². The topological polar surface area (TPSA) is 20.2 Å². The maximum Gasteiger partial charge on any atom is 0.0641 e. The van der Waals surface area contributed by atoms with E-state index < -0.39 is 0 Å². The van der Waals surface area contributed by atoms with Crippen molar-refractivity contribution in [1.29, 1.82) is 0 Å². The van der Waals surface area contributed by atoms with E-state index in [2.05, 4.69) is 39.5 Å². The molecule has 118 valence electrons. The second kappa shape index (κ2) is 6.96. The predicted molar refractivity (Wildman–Crippen MR) is 91.1 cm³/mol. The van der Waals surface area contributed by atoms with Crippen LogP contribution >= 0.6 is 0 Å². The molecular formula is C20H32O. The van der Waals surface area contributed by atoms with Crippen LogP contribution in [0.1, 0.15) is 65.7 Å². The minimum absolute atomic E-state index is 0.226. The number of hydrogen-bond donors (Lipinski definition) is 1. The lowest BCUT2D eigenvalue weighted by molar-refractivity contribution is 0.208. The molecule has 0 aliphatic heterocycles. The Morgan fingerprint density at radius 1 is 1.38 bits per heavy atom. The molecule has 0 radical (unpaired) electrons. The molecule has 2 aliphatic rings. The van der Waals surface area contributed by atoms with E-state index in [1.54, 1.807) is 0 Å². The van der Waals surface area contributed by atoms with Gasteiger partial charge in [0.2, 0.25) is 0 Å². The lowest BCUT2D eigenvalue weighted by Crippen LogP contribution is -2.25. The van der Waals surface area contributed by atoms with Crippen LogP contribution in [0.3, 0.4) is 0 Å². The van der Waals surface area contributed by atoms with E-state index >= 15 is 0 Å². The van der Waals surface area contributed by atoms with Gasteiger partial charge in [-0.3, -0.25) is 0 Å². The Labute approximate surface area is 130 Å². The van der Waals surface area contributed by atoms with E-state index in [1.165, 1.54) is 48.8 Å². The molecule has 21 heavy (non-hydrogen) atoms. The van der Waals surface area contributed by atoms with Crippen molar-refractivity contribution in [2.24, 2.45) is 17.3 Å². The Bertz CT molecular complexity index is 443. The van der Waals surface area contributed by atoms with Crippen LogP contribution in [-0.4, -0.2) is 11.7 Å². The Morgan fingerprint density at radius 3 is 2.81 bits per heavy atom. The van der Waals surface area contributed by atoms with Crippen molar-refractivity contribution in [3.8, 4) is 0 Å². The summed E-state index contributed by atoms with van der Waals surface area (Å²) in [6.45, 7) is 11.4. The van der Waals surface area contributed by atoms with Crippen molar-refractivity contribution < 1.29 is 5.11 Å². The molecule has 0 spiro atoms. The Morgan fingerprint density at radius 2 is 2.14 bits per heavy atom. The first kappa shape index (κ1) is 16.5. The zero-order valence-electron chi connectivity index (χ0n) is 14.1. The van der Waals surface area contributed by atoms with Gasteiger partial charge in [0, 0.05) is 0 Å². The zero-order chi connectivity index (χ0) is 15.5. The molecule has 0 saturated heterocycles. The zero-order valence-corrected chi connectivity index (χ0v) is 14.1. The normalized spacial score (nSPS) is 34.5. The third-order valence-corrected chi connectivity index (χ3v) is 5.89. The van der Waals surface area contributed by atoms with Gasteiger partial charge in [0.1, 0.15) is 0 Å². The van der Waals surface area contributed by atoms with Gasteiger partial charge in [-0.1, -0.05) is 36.8 Å². The van der Waals surface area contributed by atoms with Gasteiger partial charge in [-0.05, 0) is 81.6 Å². The molecule has 0 bridgehead atoms. The number of aliphatic hydroxyl groups excluding tert-OH is 1. The quantitative estimate of drug-likeness (QED) is 0.672. The molecule has 1 fully saturated rings. The first-order chi connectivity index (χ1) is 9.96. The van der Waals surface area contributed by atoms with Crippen LogP contribution in [0.5, 0.6) is 0 Å². The fourth-order valence-corrected chi connectivity index (χ4v) is 4.29. The molecule has 0 aromatic carbocycles. The Kier molecular flexibility index (Phi) is 5.48. The molecule has 2 rings (SSSR count). The summed E-state index contributed by atoms with van der Waals surface area (Å²) in [6.07, 6.45) is 13.1. The second-order valence-corrected chi connectivity index (χ2v) is 7.62. The minimum atomic E-state index is 0.226. The summed E-state index contributed by atoms with van der Waals surface area (Å²) in [5, 5.41) is 9.59. The van der Waals surface area contributed by atoms with E-state index in [0.717, 1.165) is 12.8 Å². The van der Waals surface area contributed by atoms with Gasteiger partial charge in [-0.2, -0.15) is 0 Å². The van der Waals surface area contributed by atoms with Gasteiger partial charge < -0.3 is 5.11 Å². The fraction of sp³-hybridized carbons (Fsp3) is 0.700. The molecule has 1 heteroatoms. The predicted octanol–water partition coefficient (Wildman–Crippen LogP) is 5.42. The molecule has 0 unspecified atom stereocenters. The maximum absolute atomic E-state index is 9.59. The summed E-state index contributed by atoms with van der Waals surface area (Å²) in [7, 11) is 0. The highest BCUT2D eigenvalue weighted by Crippen LogP contribution is 2.53. The number of fused-ring (bicyclic) bond motifs is 1. The smallest absolute Gasteiger partial charge is 0.0641 e. The summed E-state index contributed by atoms with van der Waals surface area (Å²) in [4.78, 5) is 0. The third-order valence-electron chi connectivity index (χ3n) is 5.89. The molecule has 3 atom stereocenters. The summed E-state index contributed by atoms with van der Waals surface area (Å²) >= 11 is 0. The van der Waals surface area contributed by atoms with E-state index in [9.17, 15) is 5.11 Å². The molecule has 0 aromatic heterocycles. The van der Waals surface area contributed by atoms with Crippen LogP contribution in [-0.2, 0) is 0 Å². The van der Waals surface area contributed by atoms with Crippen LogP contribution in [0.15, 0.2) is 35.5 Å². The molecule has 2 aliphatic carbocycles. The van der Waals surface area contributed by atoms with Crippen LogP contribution in [0.4, 0.5) is 0 Å². The lowest BCUT2D eigenvalue weighted by atomic mass is 9.71. The molecule has 1 nitrogen and oxygen atoms in total. The number of aliphatic hydroxyl groups is 1. The fourth-order valence-electron chi connectivity index (χ4n) is 4.29. The molecule has 0 heterocycles. The van der Waals surface area contributed by atoms with Crippen molar-refractivity contribution in [1.82, 2.24) is 0 Å². The Hall–Kier alpha value is -0.820. The van der Waals surface area contributed by atoms with Gasteiger partial charge in [0.05, 0.1) is 6.61 Å². The molecular weight excluding hydrogens is 256 g/mol. The first-order valence-corrected chi connectivity index (χ1v) is 8.56. The van der Waals surface area contributed by atoms with Gasteiger partial charge in [-0.25, -0.2) is 0 Å². The van der Waals surface area contributed by atoms with E-state index in [0.29, 0.717) is 17.3 Å². The van der Waals surface area contributed by atoms with Gasteiger partial charge in [0.15, 0.2) is 0 Å². The molecule has 0 aromatic rings. The summed E-state index contributed by atoms with van der Waals surface area (Å²) < 4.78 is 0. The van der Waals surface area contributed by atoms with Gasteiger partial charge in [0.25, 0.3) is 0 Å². The van der Waals surface area contributed by atoms with E-state index in [4.69, 9.17) is 0 Å². The molecule has 1 N–H and O–H groups in total. The Balaban J connectivity index is 2.29. The second-order valence-electron chi connectivity index (χ2n) is 7.62. The third kappa shape index (κ3) is 3.88. The monoisotopic (exact) mass is 288 g/mol. The standard InChI is InChI=1S/C20H32O/c1-15(2)18-11-13-20(4)12-10-16(3)6-5-7-17(14-21)8-9-19(18)20/h8,10,18-19,21H,1,5-7,9,11-14H2,2-4H3/t18-,19+,20+/m1/s1. The van der Waals surface area contributed by atoms with Crippen molar-refractivity contribution in [3.05, 3.63) is 35.5 Å². The summed E-state index contributed by atoms with van der Waals surface area (Å²) in [5.41, 5.74) is 4.50. The number of hydrogen-bond acceptors (Lipinski definition) is 1. The highest BCUT2D eigenvalue weighted by atomic mass is 16.3. The summed E-state index contributed by atoms with van der Waals surface area (Å²) in [6, 6.07) is 0. The molecule has 0 amide bonds. The first-order valence-electron chi connectivity index (χ1n) is 8.56. The minimum Gasteiger partial charge on any atom is -0.392 e. The van der Waals surface area contributed by atoms with Crippen LogP contribution < -0.4 is 0 Å². The van der Waals surface area contributed by atoms with Crippen LogP contribution in [0, 0.1) is 17.3 Å². The van der Waals surface area contributed by atoms with Crippen molar-refractivity contribution in [3.63, 3.8) is 0 Å². The average molecular weight is 288 g/mol. The number of rotatable bonds is 2. The lowest BCUT2D eigenvalue weighted by Gasteiger charge is -2.33. The van der Waals surface area contributed by atoms with E-state index in [1.807, 2.05) is 0 Å². The van der Waals surface area contributed by atoms with Crippen molar-refractivity contribution in [2.75, 3.05) is 6.61 Å². The highest BCUT2D eigenvalue weighted by molar-refractivity contribution is 5.14. The van der Waals surface area contributed by atoms with Crippen molar-refractivity contribution in [2.45, 2.75) is 65.7 Å². The molecule has 1 saturated carbocycles. The average Bonchev–Trinajstić information content (AvgIpc) is 2.76. The maximum atomic E-state index is 9.59. The van der Waals surface area contributed by atoms with Gasteiger partial charge >= 0.3 is 0 Å². The SMILES string of the molecule is C=C(C)[C@H]1CC[C@]2(C)CC=C(C)CCCC(CO)=CC[C@@H]12. The van der Waals surface area contributed by atoms with Crippen molar-refractivity contribution >= 4 is 0 Å². The van der Waals surface area contributed by atoms with Crippen LogP contribution in [0.2, 0.25) is 0 Å². The number of allylic oxidation sites excluding steroid dienone is 4.